The van der Waals surface area contributed by atoms with Crippen molar-refractivity contribution in [2.75, 3.05) is 0 Å². The van der Waals surface area contributed by atoms with E-state index in [2.05, 4.69) is 0 Å². The molecule has 0 aliphatic heterocycles. The Morgan fingerprint density at radius 1 is 0.500 bits per heavy atom. The van der Waals surface area contributed by atoms with Gasteiger partial charge in [-0.25, -0.2) is 0 Å². The third-order valence-electron chi connectivity index (χ3n) is 4.48. The summed E-state index contributed by atoms with van der Waals surface area (Å²) in [6, 6.07) is -1.99. The average molecular weight is 542 g/mol. The quantitative estimate of drug-likeness (QED) is 0.306. The fourth-order valence-electron chi connectivity index (χ4n) is 2.47. The maximum absolute atomic E-state index is 14.2. The van der Waals surface area contributed by atoms with Crippen molar-refractivity contribution in [2.24, 2.45) is 0 Å². The fourth-order valence-corrected chi connectivity index (χ4v) is 2.47. The molecule has 0 fully saturated rings. The third-order valence-corrected chi connectivity index (χ3v) is 4.48. The first kappa shape index (κ1) is 30.0. The van der Waals surface area contributed by atoms with Crippen LogP contribution in [0.4, 0.5) is 79.0 Å². The molecule has 0 aromatic heterocycles. The Balaban J connectivity index is 3.88. The van der Waals surface area contributed by atoms with Crippen molar-refractivity contribution >= 4 is 0 Å². The van der Waals surface area contributed by atoms with Gasteiger partial charge in [0.15, 0.2) is 0 Å². The Labute approximate surface area is 176 Å². The van der Waals surface area contributed by atoms with Crippen LogP contribution < -0.4 is 0 Å². The topological polar surface area (TPSA) is 0 Å². The summed E-state index contributed by atoms with van der Waals surface area (Å²) in [4.78, 5) is 0. The third kappa shape index (κ3) is 4.03. The van der Waals surface area contributed by atoms with Gasteiger partial charge in [0.25, 0.3) is 0 Å². The van der Waals surface area contributed by atoms with Crippen molar-refractivity contribution in [1.29, 1.82) is 0 Å². The first-order valence-corrected chi connectivity index (χ1v) is 8.20. The van der Waals surface area contributed by atoms with Crippen LogP contribution in [0.15, 0.2) is 18.2 Å². The molecule has 1 rings (SSSR count). The lowest BCUT2D eigenvalue weighted by molar-refractivity contribution is -0.400. The molecule has 0 saturated heterocycles. The Kier molecular flexibility index (Phi) is 7.05. The Bertz CT molecular complexity index is 888. The molecular formula is C16H8F18. The maximum Gasteiger partial charge on any atom is 0.460 e. The molecule has 18 heteroatoms. The van der Waals surface area contributed by atoms with E-state index in [0.717, 1.165) is 6.92 Å². The largest absolute Gasteiger partial charge is 0.460 e. The van der Waals surface area contributed by atoms with Gasteiger partial charge in [0.05, 0.1) is 0 Å². The van der Waals surface area contributed by atoms with Gasteiger partial charge < -0.3 is 0 Å². The van der Waals surface area contributed by atoms with Crippen LogP contribution in [0.2, 0.25) is 0 Å². The number of hydrogen-bond donors (Lipinski definition) is 0. The van der Waals surface area contributed by atoms with Crippen molar-refractivity contribution in [3.05, 3.63) is 34.9 Å². The SMILES string of the molecule is CCc1ccc(C(F)(F)C(F)(F)C(F)(F)C(F)(F)F)cc1C(F)(F)C(F)(F)C(F)(F)C(F)(F)F. The summed E-state index contributed by atoms with van der Waals surface area (Å²) >= 11 is 0. The monoisotopic (exact) mass is 542 g/mol. The number of hydrogen-bond acceptors (Lipinski definition) is 0. The first-order valence-electron chi connectivity index (χ1n) is 8.20. The van der Waals surface area contributed by atoms with Crippen LogP contribution in [0.1, 0.15) is 23.6 Å². The highest BCUT2D eigenvalue weighted by molar-refractivity contribution is 5.40. The summed E-state index contributed by atoms with van der Waals surface area (Å²) in [5.41, 5.74) is -7.22. The number of alkyl halides is 18. The average Bonchev–Trinajstić information content (AvgIpc) is 2.64. The van der Waals surface area contributed by atoms with Gasteiger partial charge in [-0.3, -0.25) is 0 Å². The molecule has 0 saturated carbocycles. The summed E-state index contributed by atoms with van der Waals surface area (Å²) in [5, 5.41) is 0. The molecule has 0 nitrogen and oxygen atoms in total. The highest BCUT2D eigenvalue weighted by Crippen LogP contribution is 2.59. The zero-order valence-corrected chi connectivity index (χ0v) is 15.7. The molecule has 0 radical (unpaired) electrons. The molecule has 0 spiro atoms. The van der Waals surface area contributed by atoms with Crippen molar-refractivity contribution in [3.63, 3.8) is 0 Å². The van der Waals surface area contributed by atoms with Gasteiger partial charge in [-0.1, -0.05) is 19.1 Å². The van der Waals surface area contributed by atoms with E-state index in [9.17, 15) is 79.0 Å². The number of halogens is 18. The number of benzene rings is 1. The molecule has 0 N–H and O–H groups in total. The second-order valence-electron chi connectivity index (χ2n) is 6.67. The van der Waals surface area contributed by atoms with Gasteiger partial charge in [0, 0.05) is 11.1 Å². The van der Waals surface area contributed by atoms with Crippen molar-refractivity contribution in [3.8, 4) is 0 Å². The van der Waals surface area contributed by atoms with Gasteiger partial charge >= 0.3 is 47.9 Å². The van der Waals surface area contributed by atoms with Gasteiger partial charge in [-0.15, -0.1) is 0 Å². The normalized spacial score (nSPS) is 15.6. The van der Waals surface area contributed by atoms with Gasteiger partial charge in [-0.2, -0.15) is 79.0 Å². The molecule has 1 aromatic carbocycles. The van der Waals surface area contributed by atoms with Crippen LogP contribution in [0.3, 0.4) is 0 Å². The molecule has 34 heavy (non-hydrogen) atoms. The number of rotatable bonds is 7. The molecule has 0 bridgehead atoms. The highest BCUT2D eigenvalue weighted by atomic mass is 19.4. The Morgan fingerprint density at radius 3 is 1.18 bits per heavy atom. The summed E-state index contributed by atoms with van der Waals surface area (Å²) in [6.07, 6.45) is -15.7. The van der Waals surface area contributed by atoms with Gasteiger partial charge in [0.2, 0.25) is 0 Å². The van der Waals surface area contributed by atoms with Crippen molar-refractivity contribution < 1.29 is 79.0 Å². The molecule has 0 heterocycles. The smallest absolute Gasteiger partial charge is 0.194 e. The molecule has 198 valence electrons. The van der Waals surface area contributed by atoms with Crippen molar-refractivity contribution in [2.45, 2.75) is 61.2 Å². The highest BCUT2D eigenvalue weighted by Gasteiger charge is 2.83. The minimum absolute atomic E-state index is 0.240. The lowest BCUT2D eigenvalue weighted by atomic mass is 9.88. The Hall–Kier alpha value is -2.04. The van der Waals surface area contributed by atoms with Gasteiger partial charge in [0.1, 0.15) is 0 Å². The zero-order valence-electron chi connectivity index (χ0n) is 15.7. The van der Waals surface area contributed by atoms with Crippen LogP contribution in [0, 0.1) is 0 Å². The molecule has 0 aliphatic rings. The van der Waals surface area contributed by atoms with E-state index in [1.54, 1.807) is 0 Å². The second kappa shape index (κ2) is 7.99. The molecular weight excluding hydrogens is 534 g/mol. The predicted octanol–water partition coefficient (Wildman–Crippen LogP) is 8.10. The molecule has 0 amide bonds. The maximum atomic E-state index is 14.2. The summed E-state index contributed by atoms with van der Waals surface area (Å²) < 4.78 is 236. The molecule has 1 aromatic rings. The molecule has 0 atom stereocenters. The van der Waals surface area contributed by atoms with E-state index in [1.807, 2.05) is 0 Å². The second-order valence-corrected chi connectivity index (χ2v) is 6.67. The van der Waals surface area contributed by atoms with E-state index in [1.165, 1.54) is 0 Å². The lowest BCUT2D eigenvalue weighted by Crippen LogP contribution is -2.60. The van der Waals surface area contributed by atoms with E-state index in [-0.39, 0.29) is 6.07 Å². The summed E-state index contributed by atoms with van der Waals surface area (Å²) in [7, 11) is 0. The summed E-state index contributed by atoms with van der Waals surface area (Å²) in [6.45, 7) is 0.721. The van der Waals surface area contributed by atoms with Gasteiger partial charge in [-0.05, 0) is 18.1 Å². The fraction of sp³-hybridized carbons (Fsp3) is 0.625. The van der Waals surface area contributed by atoms with Crippen LogP contribution in [-0.4, -0.2) is 36.0 Å². The van der Waals surface area contributed by atoms with E-state index >= 15 is 0 Å². The van der Waals surface area contributed by atoms with Crippen LogP contribution >= 0.6 is 0 Å². The van der Waals surface area contributed by atoms with Crippen molar-refractivity contribution in [1.82, 2.24) is 0 Å². The lowest BCUT2D eigenvalue weighted by Gasteiger charge is -2.36. The Morgan fingerprint density at radius 2 is 0.853 bits per heavy atom. The number of aryl methyl sites for hydroxylation is 1. The minimum atomic E-state index is -7.54. The van der Waals surface area contributed by atoms with E-state index < -0.39 is 83.1 Å². The van der Waals surface area contributed by atoms with Crippen LogP contribution in [0.25, 0.3) is 0 Å². The summed E-state index contributed by atoms with van der Waals surface area (Å²) in [5.74, 6) is -43.6. The van der Waals surface area contributed by atoms with Crippen LogP contribution in [0.5, 0.6) is 0 Å². The predicted molar refractivity (Wildman–Crippen MR) is 75.5 cm³/mol. The minimum Gasteiger partial charge on any atom is -0.194 e. The first-order chi connectivity index (χ1) is 14.7. The van der Waals surface area contributed by atoms with E-state index in [4.69, 9.17) is 0 Å². The van der Waals surface area contributed by atoms with Crippen LogP contribution in [-0.2, 0) is 18.3 Å². The molecule has 0 unspecified atom stereocenters. The zero-order chi connectivity index (χ0) is 27.6. The standard InChI is InChI=1S/C16H8F18/c1-2-6-3-4-7(9(17,18)11(21,22)13(25,26)15(29,30)31)5-8(6)10(19,20)12(23,24)14(27,28)16(32,33)34/h3-5H,2H2,1H3. The molecule has 0 aliphatic carbocycles. The van der Waals surface area contributed by atoms with E-state index in [0.29, 0.717) is 0 Å².